The van der Waals surface area contributed by atoms with Gasteiger partial charge in [-0.15, -0.1) is 0 Å². The molecule has 0 atom stereocenters. The Morgan fingerprint density at radius 2 is 1.90 bits per heavy atom. The zero-order valence-electron chi connectivity index (χ0n) is 12.8. The van der Waals surface area contributed by atoms with Crippen molar-refractivity contribution in [3.63, 3.8) is 0 Å². The fourth-order valence-electron chi connectivity index (χ4n) is 1.69. The van der Waals surface area contributed by atoms with E-state index < -0.39 is 0 Å². The highest BCUT2D eigenvalue weighted by Gasteiger charge is 2.13. The fraction of sp³-hybridized carbons (Fsp3) is 0.692. The molecule has 20 heavy (non-hydrogen) atoms. The monoisotopic (exact) mass is 281 g/mol. The lowest BCUT2D eigenvalue weighted by molar-refractivity contribution is -0.116. The van der Waals surface area contributed by atoms with Gasteiger partial charge in [0.25, 0.3) is 0 Å². The quantitative estimate of drug-likeness (QED) is 0.819. The molecule has 0 aliphatic heterocycles. The Balaban J connectivity index is 2.95. The normalized spacial score (nSPS) is 10.5. The van der Waals surface area contributed by atoms with E-state index in [-0.39, 0.29) is 23.8 Å². The standard InChI is InChI=1S/C13H23N5O2/c1-6-18(7-2)12-15-11(16-13(17-12)20-5)14-10(19)8-9(3)4/h9H,6-8H2,1-5H3,(H,14,15,16,17,19). The van der Waals surface area contributed by atoms with Gasteiger partial charge in [-0.3, -0.25) is 10.1 Å². The zero-order valence-corrected chi connectivity index (χ0v) is 12.8. The fourth-order valence-corrected chi connectivity index (χ4v) is 1.69. The van der Waals surface area contributed by atoms with Gasteiger partial charge in [-0.2, -0.15) is 15.0 Å². The first kappa shape index (κ1) is 16.1. The first-order valence-electron chi connectivity index (χ1n) is 6.84. The van der Waals surface area contributed by atoms with Gasteiger partial charge in [-0.1, -0.05) is 13.8 Å². The topological polar surface area (TPSA) is 80.2 Å². The summed E-state index contributed by atoms with van der Waals surface area (Å²) < 4.78 is 5.06. The van der Waals surface area contributed by atoms with Crippen LogP contribution in [0.1, 0.15) is 34.1 Å². The number of nitrogens with one attached hydrogen (secondary N) is 1. The van der Waals surface area contributed by atoms with Crippen molar-refractivity contribution < 1.29 is 9.53 Å². The molecule has 0 saturated carbocycles. The summed E-state index contributed by atoms with van der Waals surface area (Å²) in [7, 11) is 1.49. The van der Waals surface area contributed by atoms with Crippen molar-refractivity contribution in [3.8, 4) is 6.01 Å². The Bertz CT molecular complexity index is 446. The van der Waals surface area contributed by atoms with E-state index in [1.165, 1.54) is 7.11 Å². The van der Waals surface area contributed by atoms with Gasteiger partial charge in [0.2, 0.25) is 17.8 Å². The Morgan fingerprint density at radius 3 is 2.40 bits per heavy atom. The molecule has 112 valence electrons. The summed E-state index contributed by atoms with van der Waals surface area (Å²) in [5.74, 6) is 0.894. The van der Waals surface area contributed by atoms with Crippen molar-refractivity contribution in [2.45, 2.75) is 34.1 Å². The molecule has 0 spiro atoms. The SMILES string of the molecule is CCN(CC)c1nc(NC(=O)CC(C)C)nc(OC)n1. The molecule has 0 aromatic carbocycles. The number of nitrogens with zero attached hydrogens (tertiary/aromatic N) is 4. The summed E-state index contributed by atoms with van der Waals surface area (Å²) >= 11 is 0. The van der Waals surface area contributed by atoms with Crippen LogP contribution in [0.5, 0.6) is 6.01 Å². The third-order valence-corrected chi connectivity index (χ3v) is 2.68. The van der Waals surface area contributed by atoms with Crippen molar-refractivity contribution in [2.75, 3.05) is 30.4 Å². The van der Waals surface area contributed by atoms with E-state index in [0.29, 0.717) is 12.4 Å². The number of carbonyl (C=O) groups excluding carboxylic acids is 1. The highest BCUT2D eigenvalue weighted by molar-refractivity contribution is 5.89. The van der Waals surface area contributed by atoms with Crippen molar-refractivity contribution in [3.05, 3.63) is 0 Å². The first-order chi connectivity index (χ1) is 9.49. The Morgan fingerprint density at radius 1 is 1.25 bits per heavy atom. The number of amides is 1. The molecule has 0 unspecified atom stereocenters. The molecule has 1 N–H and O–H groups in total. The van der Waals surface area contributed by atoms with Crippen LogP contribution in [0, 0.1) is 5.92 Å². The van der Waals surface area contributed by atoms with E-state index in [4.69, 9.17) is 4.74 Å². The number of methoxy groups -OCH3 is 1. The Labute approximate surface area is 119 Å². The van der Waals surface area contributed by atoms with Gasteiger partial charge in [0.15, 0.2) is 0 Å². The van der Waals surface area contributed by atoms with Crippen molar-refractivity contribution in [1.82, 2.24) is 15.0 Å². The van der Waals surface area contributed by atoms with Crippen molar-refractivity contribution in [1.29, 1.82) is 0 Å². The third-order valence-electron chi connectivity index (χ3n) is 2.68. The molecular formula is C13H23N5O2. The predicted octanol–water partition coefficient (Wildman–Crippen LogP) is 1.71. The number of hydrogen-bond acceptors (Lipinski definition) is 6. The molecule has 1 amide bonds. The molecule has 0 aliphatic carbocycles. The molecule has 1 rings (SSSR count). The van der Waals surface area contributed by atoms with E-state index in [2.05, 4.69) is 20.3 Å². The van der Waals surface area contributed by atoms with Crippen LogP contribution in [0.15, 0.2) is 0 Å². The summed E-state index contributed by atoms with van der Waals surface area (Å²) in [4.78, 5) is 26.2. The molecule has 1 aromatic heterocycles. The lowest BCUT2D eigenvalue weighted by Crippen LogP contribution is -2.25. The van der Waals surface area contributed by atoms with Gasteiger partial charge >= 0.3 is 6.01 Å². The van der Waals surface area contributed by atoms with Crippen LogP contribution in [0.25, 0.3) is 0 Å². The molecule has 0 radical (unpaired) electrons. The minimum Gasteiger partial charge on any atom is -0.467 e. The highest BCUT2D eigenvalue weighted by atomic mass is 16.5. The maximum atomic E-state index is 11.8. The minimum atomic E-state index is -0.112. The largest absolute Gasteiger partial charge is 0.467 e. The number of aromatic nitrogens is 3. The predicted molar refractivity (Wildman–Crippen MR) is 78.0 cm³/mol. The highest BCUT2D eigenvalue weighted by Crippen LogP contribution is 2.15. The van der Waals surface area contributed by atoms with Crippen LogP contribution in [-0.4, -0.2) is 41.1 Å². The number of hydrogen-bond donors (Lipinski definition) is 1. The average molecular weight is 281 g/mol. The molecule has 0 fully saturated rings. The van der Waals surface area contributed by atoms with Gasteiger partial charge < -0.3 is 9.64 Å². The van der Waals surface area contributed by atoms with Crippen molar-refractivity contribution in [2.24, 2.45) is 5.92 Å². The zero-order chi connectivity index (χ0) is 15.1. The second-order valence-corrected chi connectivity index (χ2v) is 4.76. The molecular weight excluding hydrogens is 258 g/mol. The first-order valence-corrected chi connectivity index (χ1v) is 6.84. The number of rotatable bonds is 7. The molecule has 1 heterocycles. The summed E-state index contributed by atoms with van der Waals surface area (Å²) in [6.07, 6.45) is 0.425. The van der Waals surface area contributed by atoms with E-state index in [1.54, 1.807) is 0 Å². The molecule has 0 aliphatic rings. The van der Waals surface area contributed by atoms with E-state index >= 15 is 0 Å². The Hall–Kier alpha value is -1.92. The maximum Gasteiger partial charge on any atom is 0.322 e. The summed E-state index contributed by atoms with van der Waals surface area (Å²) in [6.45, 7) is 9.52. The number of ether oxygens (including phenoxy) is 1. The maximum absolute atomic E-state index is 11.8. The van der Waals surface area contributed by atoms with Crippen LogP contribution in [0.3, 0.4) is 0 Å². The molecule has 7 nitrogen and oxygen atoms in total. The van der Waals surface area contributed by atoms with Crippen LogP contribution in [-0.2, 0) is 4.79 Å². The average Bonchev–Trinajstić information content (AvgIpc) is 2.38. The van der Waals surface area contributed by atoms with Crippen LogP contribution >= 0.6 is 0 Å². The van der Waals surface area contributed by atoms with Crippen LogP contribution < -0.4 is 15.0 Å². The molecule has 0 bridgehead atoms. The van der Waals surface area contributed by atoms with E-state index in [1.807, 2.05) is 32.6 Å². The van der Waals surface area contributed by atoms with Gasteiger partial charge in [0, 0.05) is 19.5 Å². The summed E-state index contributed by atoms with van der Waals surface area (Å²) in [5, 5.41) is 2.68. The lowest BCUT2D eigenvalue weighted by atomic mass is 10.1. The van der Waals surface area contributed by atoms with Crippen LogP contribution in [0.4, 0.5) is 11.9 Å². The number of anilines is 2. The van der Waals surface area contributed by atoms with Gasteiger partial charge in [-0.05, 0) is 19.8 Å². The number of carbonyl (C=O) groups is 1. The molecule has 7 heteroatoms. The molecule has 0 saturated heterocycles. The van der Waals surface area contributed by atoms with Gasteiger partial charge in [-0.25, -0.2) is 0 Å². The van der Waals surface area contributed by atoms with E-state index in [0.717, 1.165) is 13.1 Å². The third kappa shape index (κ3) is 4.64. The van der Waals surface area contributed by atoms with Crippen LogP contribution in [0.2, 0.25) is 0 Å². The minimum absolute atomic E-state index is 0.112. The molecule has 1 aromatic rings. The van der Waals surface area contributed by atoms with Gasteiger partial charge in [0.05, 0.1) is 7.11 Å². The summed E-state index contributed by atoms with van der Waals surface area (Å²) in [6, 6.07) is 0.196. The Kier molecular flexibility index (Phi) is 6.14. The smallest absolute Gasteiger partial charge is 0.322 e. The van der Waals surface area contributed by atoms with Gasteiger partial charge in [0.1, 0.15) is 0 Å². The lowest BCUT2D eigenvalue weighted by Gasteiger charge is -2.19. The van der Waals surface area contributed by atoms with E-state index in [9.17, 15) is 4.79 Å². The second kappa shape index (κ2) is 7.62. The second-order valence-electron chi connectivity index (χ2n) is 4.76. The summed E-state index contributed by atoms with van der Waals surface area (Å²) in [5.41, 5.74) is 0. The van der Waals surface area contributed by atoms with Crippen molar-refractivity contribution >= 4 is 17.8 Å².